The van der Waals surface area contributed by atoms with Gasteiger partial charge in [-0.15, -0.1) is 0 Å². The number of aliphatic hydroxyl groups is 2. The van der Waals surface area contributed by atoms with Gasteiger partial charge in [0.05, 0.1) is 25.4 Å². The Bertz CT molecular complexity index is 1450. The zero-order chi connectivity index (χ0) is 62.8. The fraction of sp³-hybridized carbons (Fsp3) is 0.877. The van der Waals surface area contributed by atoms with Crippen molar-refractivity contribution < 1.29 is 24.5 Å². The molecule has 512 valence electrons. The second kappa shape index (κ2) is 76.3. The normalized spacial score (nSPS) is 12.7. The van der Waals surface area contributed by atoms with Crippen molar-refractivity contribution in [3.8, 4) is 0 Å². The Morgan fingerprint density at radius 3 is 0.897 bits per heavy atom. The zero-order valence-corrected chi connectivity index (χ0v) is 58.8. The highest BCUT2D eigenvalue weighted by molar-refractivity contribution is 5.76. The predicted molar refractivity (Wildman–Crippen MR) is 384 cm³/mol. The fourth-order valence-corrected chi connectivity index (χ4v) is 12.4. The number of carbonyl (C=O) groups is 2. The van der Waals surface area contributed by atoms with Crippen LogP contribution in [-0.4, -0.2) is 47.4 Å². The summed E-state index contributed by atoms with van der Waals surface area (Å²) in [5.41, 5.74) is 0. The number of amides is 1. The van der Waals surface area contributed by atoms with Crippen LogP contribution in [0.5, 0.6) is 0 Å². The van der Waals surface area contributed by atoms with E-state index >= 15 is 0 Å². The molecule has 3 N–H and O–H groups in total. The summed E-state index contributed by atoms with van der Waals surface area (Å²) in [6.45, 7) is 4.96. The second-order valence-corrected chi connectivity index (χ2v) is 27.0. The number of aliphatic hydroxyl groups excluding tert-OH is 2. The summed E-state index contributed by atoms with van der Waals surface area (Å²) in [4.78, 5) is 24.6. The SMILES string of the molecule is CCCCC/C=C\C/C=C\CCCCCCCCCCCC(=O)OCCCCCCCCCCCCCCC/C=C\C/C=C\CCCCCCCCCCCCCCCCCCCC(=O)NC(CO)C(O)CCCCCCCCCCCCCCCC. The maximum Gasteiger partial charge on any atom is 0.305 e. The topological polar surface area (TPSA) is 95.9 Å². The third-order valence-electron chi connectivity index (χ3n) is 18.4. The van der Waals surface area contributed by atoms with Crippen molar-refractivity contribution in [1.29, 1.82) is 0 Å². The van der Waals surface area contributed by atoms with Gasteiger partial charge in [0.15, 0.2) is 0 Å². The highest BCUT2D eigenvalue weighted by Gasteiger charge is 2.20. The Hall–Kier alpha value is -2.18. The van der Waals surface area contributed by atoms with Crippen LogP contribution in [0, 0.1) is 0 Å². The lowest BCUT2D eigenvalue weighted by molar-refractivity contribution is -0.143. The van der Waals surface area contributed by atoms with Gasteiger partial charge in [0.25, 0.3) is 0 Å². The standard InChI is InChI=1S/C81H153NO5/c1-3-5-7-9-11-13-15-17-19-20-40-44-47-51-55-59-63-67-71-75-81(86)87-76-72-68-64-60-56-52-48-45-42-39-37-35-33-31-29-27-25-23-21-22-24-26-28-30-32-34-36-38-41-43-46-50-54-58-62-66-70-74-80(85)82-78(77-83)79(84)73-69-65-61-57-53-49-18-16-14-12-10-8-6-4-2/h11,13,17,19,21,23,27,29,78-79,83-84H,3-10,12,14-16,18,20,22,24-26,28,30-77H2,1-2H3,(H,82,85)/b13-11-,19-17-,23-21-,29-27-. The number of nitrogens with one attached hydrogen (secondary N) is 1. The number of unbranched alkanes of at least 4 members (excludes halogenated alkanes) is 55. The number of allylic oxidation sites excluding steroid dienone is 8. The van der Waals surface area contributed by atoms with E-state index in [-0.39, 0.29) is 18.5 Å². The summed E-state index contributed by atoms with van der Waals surface area (Å²) in [5.74, 6) is -0.0144. The molecule has 0 bridgehead atoms. The Kier molecular flexibility index (Phi) is 74.4. The van der Waals surface area contributed by atoms with Crippen molar-refractivity contribution in [3.63, 3.8) is 0 Å². The molecule has 0 radical (unpaired) electrons. The minimum absolute atomic E-state index is 0.0154. The van der Waals surface area contributed by atoms with Gasteiger partial charge in [0.1, 0.15) is 0 Å². The number of ether oxygens (including phenoxy) is 1. The summed E-state index contributed by atoms with van der Waals surface area (Å²) in [6, 6.07) is -0.539. The third kappa shape index (κ3) is 72.8. The summed E-state index contributed by atoms with van der Waals surface area (Å²) in [5, 5.41) is 23.3. The van der Waals surface area contributed by atoms with Gasteiger partial charge in [0.2, 0.25) is 5.91 Å². The van der Waals surface area contributed by atoms with Crippen molar-refractivity contribution in [2.75, 3.05) is 13.2 Å². The molecule has 0 aromatic rings. The van der Waals surface area contributed by atoms with E-state index in [2.05, 4.69) is 67.8 Å². The van der Waals surface area contributed by atoms with Gasteiger partial charge in [-0.2, -0.15) is 0 Å². The van der Waals surface area contributed by atoms with Gasteiger partial charge in [-0.3, -0.25) is 9.59 Å². The molecule has 0 aliphatic carbocycles. The van der Waals surface area contributed by atoms with Gasteiger partial charge in [0, 0.05) is 12.8 Å². The summed E-state index contributed by atoms with van der Waals surface area (Å²) in [6.07, 6.45) is 101. The summed E-state index contributed by atoms with van der Waals surface area (Å²) < 4.78 is 5.51. The van der Waals surface area contributed by atoms with Gasteiger partial charge < -0.3 is 20.3 Å². The molecular weight excluding hydrogens is 1070 g/mol. The quantitative estimate of drug-likeness (QED) is 0.0320. The Balaban J connectivity index is 3.35. The predicted octanol–water partition coefficient (Wildman–Crippen LogP) is 26.0. The van der Waals surface area contributed by atoms with Gasteiger partial charge in [-0.05, 0) is 89.9 Å². The first-order valence-electron chi connectivity index (χ1n) is 39.4. The molecular formula is C81H153NO5. The van der Waals surface area contributed by atoms with E-state index < -0.39 is 12.1 Å². The van der Waals surface area contributed by atoms with Crippen molar-refractivity contribution in [2.45, 2.75) is 443 Å². The van der Waals surface area contributed by atoms with Crippen LogP contribution in [0.15, 0.2) is 48.6 Å². The first-order chi connectivity index (χ1) is 43.0. The average molecular weight is 1220 g/mol. The molecule has 0 saturated carbocycles. The molecule has 2 unspecified atom stereocenters. The molecule has 0 aliphatic heterocycles. The van der Waals surface area contributed by atoms with Crippen molar-refractivity contribution >= 4 is 11.9 Å². The van der Waals surface area contributed by atoms with E-state index in [1.807, 2.05) is 0 Å². The number of rotatable bonds is 74. The van der Waals surface area contributed by atoms with E-state index in [0.29, 0.717) is 25.9 Å². The van der Waals surface area contributed by atoms with E-state index in [4.69, 9.17) is 4.74 Å². The number of carbonyl (C=O) groups excluding carboxylic acids is 2. The second-order valence-electron chi connectivity index (χ2n) is 27.0. The molecule has 2 atom stereocenters. The summed E-state index contributed by atoms with van der Waals surface area (Å²) in [7, 11) is 0. The van der Waals surface area contributed by atoms with Crippen LogP contribution in [0.3, 0.4) is 0 Å². The van der Waals surface area contributed by atoms with Crippen molar-refractivity contribution in [1.82, 2.24) is 5.32 Å². The molecule has 87 heavy (non-hydrogen) atoms. The average Bonchev–Trinajstić information content (AvgIpc) is 3.53. The van der Waals surface area contributed by atoms with Crippen LogP contribution >= 0.6 is 0 Å². The van der Waals surface area contributed by atoms with Crippen LogP contribution in [0.2, 0.25) is 0 Å². The van der Waals surface area contributed by atoms with Crippen LogP contribution < -0.4 is 5.32 Å². The zero-order valence-electron chi connectivity index (χ0n) is 58.8. The van der Waals surface area contributed by atoms with E-state index in [0.717, 1.165) is 57.8 Å². The van der Waals surface area contributed by atoms with Crippen molar-refractivity contribution in [3.05, 3.63) is 48.6 Å². The maximum absolute atomic E-state index is 12.5. The Labute approximate surface area is 544 Å². The first-order valence-corrected chi connectivity index (χ1v) is 39.4. The van der Waals surface area contributed by atoms with Crippen LogP contribution in [0.4, 0.5) is 0 Å². The van der Waals surface area contributed by atoms with Crippen LogP contribution in [0.1, 0.15) is 431 Å². The lowest BCUT2D eigenvalue weighted by Crippen LogP contribution is -2.45. The molecule has 0 aromatic heterocycles. The summed E-state index contributed by atoms with van der Waals surface area (Å²) >= 11 is 0. The minimum Gasteiger partial charge on any atom is -0.466 e. The minimum atomic E-state index is -0.662. The Morgan fingerprint density at radius 1 is 0.322 bits per heavy atom. The molecule has 0 saturated heterocycles. The first kappa shape index (κ1) is 84.8. The molecule has 1 amide bonds. The molecule has 0 fully saturated rings. The Morgan fingerprint density at radius 2 is 0.575 bits per heavy atom. The van der Waals surface area contributed by atoms with Crippen LogP contribution in [-0.2, 0) is 14.3 Å². The third-order valence-corrected chi connectivity index (χ3v) is 18.4. The fourth-order valence-electron chi connectivity index (χ4n) is 12.4. The van der Waals surface area contributed by atoms with Gasteiger partial charge in [-0.1, -0.05) is 377 Å². The number of esters is 1. The smallest absolute Gasteiger partial charge is 0.305 e. The van der Waals surface area contributed by atoms with E-state index in [1.54, 1.807) is 0 Å². The number of hydrogen-bond acceptors (Lipinski definition) is 5. The molecule has 6 heteroatoms. The van der Waals surface area contributed by atoms with E-state index in [9.17, 15) is 19.8 Å². The largest absolute Gasteiger partial charge is 0.466 e. The highest BCUT2D eigenvalue weighted by Crippen LogP contribution is 2.19. The monoisotopic (exact) mass is 1220 g/mol. The molecule has 0 aliphatic rings. The molecule has 6 nitrogen and oxygen atoms in total. The number of hydrogen-bond donors (Lipinski definition) is 3. The van der Waals surface area contributed by atoms with Crippen LogP contribution in [0.25, 0.3) is 0 Å². The lowest BCUT2D eigenvalue weighted by Gasteiger charge is -2.22. The highest BCUT2D eigenvalue weighted by atomic mass is 16.5. The molecule has 0 aromatic carbocycles. The van der Waals surface area contributed by atoms with Gasteiger partial charge in [-0.25, -0.2) is 0 Å². The van der Waals surface area contributed by atoms with Crippen molar-refractivity contribution in [2.24, 2.45) is 0 Å². The molecule has 0 heterocycles. The lowest BCUT2D eigenvalue weighted by atomic mass is 10.0. The van der Waals surface area contributed by atoms with E-state index in [1.165, 1.54) is 340 Å². The van der Waals surface area contributed by atoms with Gasteiger partial charge >= 0.3 is 5.97 Å². The molecule has 0 spiro atoms. The maximum atomic E-state index is 12.5. The molecule has 0 rings (SSSR count).